The van der Waals surface area contributed by atoms with E-state index in [4.69, 9.17) is 4.42 Å². The van der Waals surface area contributed by atoms with Gasteiger partial charge in [0.25, 0.3) is 11.8 Å². The second-order valence-corrected chi connectivity index (χ2v) is 5.56. The van der Waals surface area contributed by atoms with Gasteiger partial charge >= 0.3 is 5.63 Å². The molecule has 6 heteroatoms. The van der Waals surface area contributed by atoms with Crippen LogP contribution in [-0.4, -0.2) is 11.8 Å². The van der Waals surface area contributed by atoms with Gasteiger partial charge < -0.3 is 15.1 Å². The van der Waals surface area contributed by atoms with Gasteiger partial charge in [-0.2, -0.15) is 0 Å². The highest BCUT2D eigenvalue weighted by Crippen LogP contribution is 2.18. The Labute approximate surface area is 149 Å². The average Bonchev–Trinajstić information content (AvgIpc) is 2.66. The zero-order chi connectivity index (χ0) is 18.5. The fourth-order valence-corrected chi connectivity index (χ4v) is 2.33. The van der Waals surface area contributed by atoms with Crippen LogP contribution in [0.15, 0.2) is 75.9 Å². The number of amides is 2. The molecule has 0 unspecified atom stereocenters. The molecule has 0 atom stereocenters. The number of carbonyl (C=O) groups excluding carboxylic acids is 2. The summed E-state index contributed by atoms with van der Waals surface area (Å²) in [5, 5.41) is 5.19. The predicted molar refractivity (Wildman–Crippen MR) is 98.5 cm³/mol. The Hall–Kier alpha value is -3.67. The lowest BCUT2D eigenvalue weighted by atomic mass is 10.2. The Morgan fingerprint density at radius 3 is 1.73 bits per heavy atom. The van der Waals surface area contributed by atoms with E-state index in [9.17, 15) is 14.4 Å². The topological polar surface area (TPSA) is 88.4 Å². The number of hydrogen-bond donors (Lipinski definition) is 2. The van der Waals surface area contributed by atoms with Gasteiger partial charge in [-0.1, -0.05) is 36.4 Å². The summed E-state index contributed by atoms with van der Waals surface area (Å²) in [5.74, 6) is -0.540. The van der Waals surface area contributed by atoms with E-state index in [1.54, 1.807) is 67.6 Å². The summed E-state index contributed by atoms with van der Waals surface area (Å²) in [6, 6.07) is 18.5. The summed E-state index contributed by atoms with van der Waals surface area (Å²) in [6.07, 6.45) is 0. The predicted octanol–water partition coefficient (Wildman–Crippen LogP) is 3.45. The third-order valence-corrected chi connectivity index (χ3v) is 3.70. The molecule has 26 heavy (non-hydrogen) atoms. The van der Waals surface area contributed by atoms with Crippen molar-refractivity contribution in [3.63, 3.8) is 0 Å². The third-order valence-electron chi connectivity index (χ3n) is 3.70. The van der Waals surface area contributed by atoms with Gasteiger partial charge in [-0.25, -0.2) is 4.79 Å². The quantitative estimate of drug-likeness (QED) is 0.756. The standard InChI is InChI=1S/C20H16N2O4/c1-13-16(21-18(23)14-8-4-2-5-9-14)12-17(20(25)26-13)22-19(24)15-10-6-3-7-11-15/h2-12H,1H3,(H,21,23)(H,22,24). The molecule has 1 aromatic heterocycles. The van der Waals surface area contributed by atoms with Crippen molar-refractivity contribution < 1.29 is 14.0 Å². The Kier molecular flexibility index (Phi) is 4.94. The highest BCUT2D eigenvalue weighted by Gasteiger charge is 2.14. The van der Waals surface area contributed by atoms with E-state index >= 15 is 0 Å². The first-order valence-electron chi connectivity index (χ1n) is 7.92. The van der Waals surface area contributed by atoms with Crippen LogP contribution in [-0.2, 0) is 0 Å². The number of aryl methyl sites for hydroxylation is 1. The van der Waals surface area contributed by atoms with E-state index in [1.807, 2.05) is 0 Å². The number of rotatable bonds is 4. The molecule has 0 bridgehead atoms. The fraction of sp³-hybridized carbons (Fsp3) is 0.0500. The maximum atomic E-state index is 12.3. The molecule has 0 saturated heterocycles. The Balaban J connectivity index is 1.84. The number of benzene rings is 2. The molecule has 6 nitrogen and oxygen atoms in total. The van der Waals surface area contributed by atoms with Crippen molar-refractivity contribution >= 4 is 23.2 Å². The van der Waals surface area contributed by atoms with E-state index in [1.165, 1.54) is 6.07 Å². The van der Waals surface area contributed by atoms with Gasteiger partial charge in [0, 0.05) is 11.1 Å². The summed E-state index contributed by atoms with van der Waals surface area (Å²) >= 11 is 0. The van der Waals surface area contributed by atoms with E-state index < -0.39 is 11.5 Å². The van der Waals surface area contributed by atoms with Gasteiger partial charge in [0.2, 0.25) is 0 Å². The molecule has 2 N–H and O–H groups in total. The monoisotopic (exact) mass is 348 g/mol. The lowest BCUT2D eigenvalue weighted by molar-refractivity contribution is 0.101. The largest absolute Gasteiger partial charge is 0.424 e. The summed E-state index contributed by atoms with van der Waals surface area (Å²) in [5.41, 5.74) is 0.439. The first-order valence-corrected chi connectivity index (χ1v) is 7.92. The normalized spacial score (nSPS) is 10.2. The van der Waals surface area contributed by atoms with E-state index in [-0.39, 0.29) is 17.4 Å². The van der Waals surface area contributed by atoms with Gasteiger partial charge in [0.15, 0.2) is 0 Å². The van der Waals surface area contributed by atoms with Crippen LogP contribution in [0.25, 0.3) is 0 Å². The summed E-state index contributed by atoms with van der Waals surface area (Å²) in [6.45, 7) is 1.56. The molecule has 0 saturated carbocycles. The van der Waals surface area contributed by atoms with Gasteiger partial charge in [-0.05, 0) is 37.3 Å². The molecule has 2 amide bonds. The molecule has 1 heterocycles. The maximum absolute atomic E-state index is 12.3. The Morgan fingerprint density at radius 2 is 1.23 bits per heavy atom. The third kappa shape index (κ3) is 3.87. The summed E-state index contributed by atoms with van der Waals surface area (Å²) in [4.78, 5) is 36.5. The van der Waals surface area contributed by atoms with Crippen molar-refractivity contribution in [1.82, 2.24) is 0 Å². The number of nitrogens with one attached hydrogen (secondary N) is 2. The SMILES string of the molecule is Cc1oc(=O)c(NC(=O)c2ccccc2)cc1NC(=O)c1ccccc1. The molecular formula is C20H16N2O4. The Morgan fingerprint density at radius 1 is 0.769 bits per heavy atom. The van der Waals surface area contributed by atoms with Crippen LogP contribution in [0.2, 0.25) is 0 Å². The number of hydrogen-bond acceptors (Lipinski definition) is 4. The average molecular weight is 348 g/mol. The van der Waals surface area contributed by atoms with E-state index in [0.29, 0.717) is 16.8 Å². The molecular weight excluding hydrogens is 332 g/mol. The van der Waals surface area contributed by atoms with Crippen molar-refractivity contribution in [2.45, 2.75) is 6.92 Å². The van der Waals surface area contributed by atoms with Crippen LogP contribution in [0.5, 0.6) is 0 Å². The van der Waals surface area contributed by atoms with Crippen molar-refractivity contribution in [1.29, 1.82) is 0 Å². The summed E-state index contributed by atoms with van der Waals surface area (Å²) in [7, 11) is 0. The lowest BCUT2D eigenvalue weighted by Gasteiger charge is -2.10. The van der Waals surface area contributed by atoms with Gasteiger partial charge in [0.1, 0.15) is 11.4 Å². The number of carbonyl (C=O) groups is 2. The highest BCUT2D eigenvalue weighted by atomic mass is 16.4. The van der Waals surface area contributed by atoms with Crippen molar-refractivity contribution in [3.05, 3.63) is 94.0 Å². The molecule has 3 aromatic rings. The van der Waals surface area contributed by atoms with Crippen molar-refractivity contribution in [2.24, 2.45) is 0 Å². The molecule has 2 aromatic carbocycles. The fourth-order valence-electron chi connectivity index (χ4n) is 2.33. The Bertz CT molecular complexity index is 995. The van der Waals surface area contributed by atoms with Crippen LogP contribution in [0.1, 0.15) is 26.5 Å². The van der Waals surface area contributed by atoms with E-state index in [0.717, 1.165) is 0 Å². The van der Waals surface area contributed by atoms with E-state index in [2.05, 4.69) is 10.6 Å². The minimum Gasteiger partial charge on any atom is -0.424 e. The molecule has 130 valence electrons. The molecule has 0 aliphatic carbocycles. The van der Waals surface area contributed by atoms with Crippen molar-refractivity contribution in [3.8, 4) is 0 Å². The molecule has 0 fully saturated rings. The smallest absolute Gasteiger partial charge is 0.360 e. The molecule has 0 spiro atoms. The second-order valence-electron chi connectivity index (χ2n) is 5.56. The maximum Gasteiger partial charge on any atom is 0.360 e. The molecule has 3 rings (SSSR count). The van der Waals surface area contributed by atoms with Crippen LogP contribution < -0.4 is 16.3 Å². The molecule has 0 radical (unpaired) electrons. The zero-order valence-electron chi connectivity index (χ0n) is 14.0. The lowest BCUT2D eigenvalue weighted by Crippen LogP contribution is -2.20. The minimum atomic E-state index is -0.690. The molecule has 0 aliphatic rings. The van der Waals surface area contributed by atoms with Gasteiger partial charge in [0.05, 0.1) is 5.69 Å². The van der Waals surface area contributed by atoms with Gasteiger partial charge in [-0.3, -0.25) is 9.59 Å². The van der Waals surface area contributed by atoms with Crippen LogP contribution in [0, 0.1) is 6.92 Å². The van der Waals surface area contributed by atoms with Crippen molar-refractivity contribution in [2.75, 3.05) is 10.6 Å². The number of anilines is 2. The first-order chi connectivity index (χ1) is 12.5. The van der Waals surface area contributed by atoms with Gasteiger partial charge in [-0.15, -0.1) is 0 Å². The highest BCUT2D eigenvalue weighted by molar-refractivity contribution is 6.06. The first kappa shape index (κ1) is 17.2. The van der Waals surface area contributed by atoms with Crippen LogP contribution in [0.4, 0.5) is 11.4 Å². The minimum absolute atomic E-state index is 0.0483. The summed E-state index contributed by atoms with van der Waals surface area (Å²) < 4.78 is 5.13. The second kappa shape index (κ2) is 7.48. The zero-order valence-corrected chi connectivity index (χ0v) is 14.0. The molecule has 0 aliphatic heterocycles. The van der Waals surface area contributed by atoms with Crippen LogP contribution in [0.3, 0.4) is 0 Å². The van der Waals surface area contributed by atoms with Crippen LogP contribution >= 0.6 is 0 Å².